The summed E-state index contributed by atoms with van der Waals surface area (Å²) in [5.74, 6) is -2.21. The highest BCUT2D eigenvalue weighted by Gasteiger charge is 2.30. The molecule has 144 valence electrons. The topological polar surface area (TPSA) is 121 Å². The van der Waals surface area contributed by atoms with Crippen molar-refractivity contribution in [3.63, 3.8) is 0 Å². The molecule has 2 aromatic carbocycles. The number of benzene rings is 2. The van der Waals surface area contributed by atoms with Gasteiger partial charge in [0.25, 0.3) is 5.91 Å². The monoisotopic (exact) mass is 391 g/mol. The van der Waals surface area contributed by atoms with Crippen LogP contribution in [0.25, 0.3) is 0 Å². The number of sulfone groups is 1. The quantitative estimate of drug-likeness (QED) is 0.658. The molecule has 0 saturated heterocycles. The van der Waals surface area contributed by atoms with Crippen LogP contribution in [0.5, 0.6) is 0 Å². The highest BCUT2D eigenvalue weighted by molar-refractivity contribution is 7.90. The maximum Gasteiger partial charge on any atom is 0.337 e. The molecule has 0 aliphatic carbocycles. The number of hydrogen-bond acceptors (Lipinski definition) is 5. The van der Waals surface area contributed by atoms with E-state index >= 15 is 0 Å². The summed E-state index contributed by atoms with van der Waals surface area (Å²) in [6.45, 7) is 2.50. The Kier molecular flexibility index (Phi) is 6.02. The molecule has 0 saturated carbocycles. The summed E-state index contributed by atoms with van der Waals surface area (Å²) in [6.07, 6.45) is 0. The molecule has 1 atom stereocenters. The summed E-state index contributed by atoms with van der Waals surface area (Å²) >= 11 is 0. The van der Waals surface area contributed by atoms with Crippen molar-refractivity contribution < 1.29 is 28.2 Å². The first kappa shape index (κ1) is 20.6. The van der Waals surface area contributed by atoms with Crippen LogP contribution in [-0.2, 0) is 20.4 Å². The summed E-state index contributed by atoms with van der Waals surface area (Å²) in [7, 11) is -3.50. The molecule has 1 amide bonds. The molecule has 7 nitrogen and oxygen atoms in total. The van der Waals surface area contributed by atoms with Crippen molar-refractivity contribution in [2.24, 2.45) is 0 Å². The van der Waals surface area contributed by atoms with E-state index in [9.17, 15) is 23.1 Å². The maximum absolute atomic E-state index is 12.4. The number of carbonyl (C=O) groups excluding carboxylic acids is 1. The highest BCUT2D eigenvalue weighted by Crippen LogP contribution is 2.17. The van der Waals surface area contributed by atoms with Crippen LogP contribution in [0.2, 0.25) is 0 Å². The van der Waals surface area contributed by atoms with Crippen molar-refractivity contribution in [3.05, 3.63) is 65.2 Å². The van der Waals surface area contributed by atoms with Gasteiger partial charge in [-0.2, -0.15) is 0 Å². The average Bonchev–Trinajstić information content (AvgIpc) is 2.60. The van der Waals surface area contributed by atoms with E-state index in [0.29, 0.717) is 5.56 Å². The van der Waals surface area contributed by atoms with Crippen molar-refractivity contribution in [1.29, 1.82) is 0 Å². The first-order valence-electron chi connectivity index (χ1n) is 8.13. The van der Waals surface area contributed by atoms with Gasteiger partial charge in [0.2, 0.25) is 0 Å². The summed E-state index contributed by atoms with van der Waals surface area (Å²) < 4.78 is 24.9. The number of hydrogen-bond donors (Lipinski definition) is 3. The molecular weight excluding hydrogens is 370 g/mol. The summed E-state index contributed by atoms with van der Waals surface area (Å²) in [6, 6.07) is 12.5. The lowest BCUT2D eigenvalue weighted by Crippen LogP contribution is -2.46. The lowest BCUT2D eigenvalue weighted by atomic mass is 10.1. The lowest BCUT2D eigenvalue weighted by Gasteiger charge is -2.18. The van der Waals surface area contributed by atoms with E-state index in [-0.39, 0.29) is 16.2 Å². The number of amides is 1. The van der Waals surface area contributed by atoms with E-state index in [0.717, 1.165) is 12.5 Å². The van der Waals surface area contributed by atoms with E-state index in [1.165, 1.54) is 24.3 Å². The van der Waals surface area contributed by atoms with Gasteiger partial charge in [-0.15, -0.1) is 0 Å². The Morgan fingerprint density at radius 3 is 2.11 bits per heavy atom. The fourth-order valence-electron chi connectivity index (χ4n) is 2.23. The average molecular weight is 391 g/mol. The SMILES string of the molecule is Cc1ccc(S(=O)(=O)Cc2ccc(C(=O)NCC(C)(O)C(=O)O)cc2)cc1. The Morgan fingerprint density at radius 2 is 1.59 bits per heavy atom. The third-order valence-electron chi connectivity index (χ3n) is 4.01. The molecule has 3 N–H and O–H groups in total. The second kappa shape index (κ2) is 7.89. The Bertz CT molecular complexity index is 931. The van der Waals surface area contributed by atoms with Gasteiger partial charge in [-0.25, -0.2) is 13.2 Å². The van der Waals surface area contributed by atoms with E-state index in [1.54, 1.807) is 24.3 Å². The minimum atomic E-state index is -3.50. The molecule has 2 rings (SSSR count). The highest BCUT2D eigenvalue weighted by atomic mass is 32.2. The molecule has 0 fully saturated rings. The minimum Gasteiger partial charge on any atom is -0.479 e. The maximum atomic E-state index is 12.4. The van der Waals surface area contributed by atoms with Gasteiger partial charge in [-0.05, 0) is 43.7 Å². The van der Waals surface area contributed by atoms with E-state index < -0.39 is 33.9 Å². The zero-order chi connectivity index (χ0) is 20.2. The predicted molar refractivity (Wildman–Crippen MR) is 99.1 cm³/mol. The van der Waals surface area contributed by atoms with Crippen molar-refractivity contribution in [2.75, 3.05) is 6.54 Å². The van der Waals surface area contributed by atoms with Crippen molar-refractivity contribution in [1.82, 2.24) is 5.32 Å². The van der Waals surface area contributed by atoms with Crippen LogP contribution in [0.15, 0.2) is 53.4 Å². The standard InChI is InChI=1S/C19H21NO6S/c1-13-3-9-16(10-4-13)27(25,26)11-14-5-7-15(8-6-14)17(21)20-12-19(2,24)18(22)23/h3-10,24H,11-12H2,1-2H3,(H,20,21)(H,22,23). The Hall–Kier alpha value is -2.71. The molecule has 0 bridgehead atoms. The molecule has 0 spiro atoms. The van der Waals surface area contributed by atoms with Crippen molar-refractivity contribution >= 4 is 21.7 Å². The number of nitrogens with one attached hydrogen (secondary N) is 1. The van der Waals surface area contributed by atoms with Crippen molar-refractivity contribution in [2.45, 2.75) is 30.1 Å². The van der Waals surface area contributed by atoms with Crippen molar-refractivity contribution in [3.8, 4) is 0 Å². The number of aliphatic hydroxyl groups is 1. The van der Waals surface area contributed by atoms with Gasteiger partial charge in [0.1, 0.15) is 0 Å². The third kappa shape index (κ3) is 5.38. The van der Waals surface area contributed by atoms with Crippen LogP contribution in [0.4, 0.5) is 0 Å². The molecule has 27 heavy (non-hydrogen) atoms. The smallest absolute Gasteiger partial charge is 0.337 e. The molecule has 2 aromatic rings. The molecule has 0 aliphatic heterocycles. The number of carbonyl (C=O) groups is 2. The second-order valence-electron chi connectivity index (χ2n) is 6.53. The molecule has 0 aliphatic rings. The summed E-state index contributed by atoms with van der Waals surface area (Å²) in [5.41, 5.74) is -0.360. The van der Waals surface area contributed by atoms with Gasteiger partial charge in [0.15, 0.2) is 15.4 Å². The Morgan fingerprint density at radius 1 is 1.04 bits per heavy atom. The van der Waals surface area contributed by atoms with Gasteiger partial charge < -0.3 is 15.5 Å². The molecule has 0 aromatic heterocycles. The van der Waals surface area contributed by atoms with Gasteiger partial charge in [0, 0.05) is 5.56 Å². The van der Waals surface area contributed by atoms with E-state index in [4.69, 9.17) is 5.11 Å². The Balaban J connectivity index is 2.05. The zero-order valence-electron chi connectivity index (χ0n) is 15.0. The van der Waals surface area contributed by atoms with Gasteiger partial charge >= 0.3 is 5.97 Å². The number of carboxylic acid groups (broad SMARTS) is 1. The number of rotatable bonds is 7. The first-order valence-corrected chi connectivity index (χ1v) is 9.79. The van der Waals surface area contributed by atoms with Gasteiger partial charge in [-0.1, -0.05) is 29.8 Å². The molecule has 0 heterocycles. The third-order valence-corrected chi connectivity index (χ3v) is 5.71. The van der Waals surface area contributed by atoms with Gasteiger partial charge in [-0.3, -0.25) is 4.79 Å². The van der Waals surface area contributed by atoms with Gasteiger partial charge in [0.05, 0.1) is 17.2 Å². The minimum absolute atomic E-state index is 0.203. The largest absolute Gasteiger partial charge is 0.479 e. The lowest BCUT2D eigenvalue weighted by molar-refractivity contribution is -0.155. The second-order valence-corrected chi connectivity index (χ2v) is 8.52. The summed E-state index contributed by atoms with van der Waals surface area (Å²) in [4.78, 5) is 23.1. The number of carboxylic acids is 1. The summed E-state index contributed by atoms with van der Waals surface area (Å²) in [5, 5.41) is 20.8. The van der Waals surface area contributed by atoms with E-state index in [2.05, 4.69) is 5.32 Å². The Labute approximate surface area is 157 Å². The molecule has 0 radical (unpaired) electrons. The van der Waals surface area contributed by atoms with Crippen LogP contribution in [0.3, 0.4) is 0 Å². The first-order chi connectivity index (χ1) is 12.5. The number of aryl methyl sites for hydroxylation is 1. The van der Waals surface area contributed by atoms with E-state index in [1.807, 2.05) is 6.92 Å². The van der Waals surface area contributed by atoms with Crippen LogP contribution in [0.1, 0.15) is 28.4 Å². The van der Waals surface area contributed by atoms with Crippen LogP contribution < -0.4 is 5.32 Å². The molecule has 8 heteroatoms. The number of aliphatic carboxylic acids is 1. The van der Waals surface area contributed by atoms with Crippen LogP contribution in [0, 0.1) is 6.92 Å². The fourth-order valence-corrected chi connectivity index (χ4v) is 3.58. The molecular formula is C19H21NO6S. The molecule has 1 unspecified atom stereocenters. The zero-order valence-corrected chi connectivity index (χ0v) is 15.8. The fraction of sp³-hybridized carbons (Fsp3) is 0.263. The normalized spacial score (nSPS) is 13.6. The van der Waals surface area contributed by atoms with Crippen LogP contribution >= 0.6 is 0 Å². The van der Waals surface area contributed by atoms with Crippen LogP contribution in [-0.4, -0.2) is 42.7 Å². The predicted octanol–water partition coefficient (Wildman–Crippen LogP) is 1.53.